The second-order valence-electron chi connectivity index (χ2n) is 8.11. The number of Topliss-reactive ketones (excluding diaryl/α,β-unsaturated/α-hetero) is 1. The maximum absolute atomic E-state index is 12.3. The number of carbonyl (C=O) groups excluding carboxylic acids is 2. The lowest BCUT2D eigenvalue weighted by molar-refractivity contribution is -0.137. The van der Waals surface area contributed by atoms with E-state index in [9.17, 15) is 14.7 Å². The summed E-state index contributed by atoms with van der Waals surface area (Å²) in [5.41, 5.74) is 1.23. The van der Waals surface area contributed by atoms with E-state index in [2.05, 4.69) is 41.1 Å². The largest absolute Gasteiger partial charge is 0.468 e. The van der Waals surface area contributed by atoms with Gasteiger partial charge in [0.2, 0.25) is 0 Å². The van der Waals surface area contributed by atoms with Gasteiger partial charge in [-0.3, -0.25) is 9.59 Å². The Balaban J connectivity index is 1.41. The molecule has 6 heteroatoms. The van der Waals surface area contributed by atoms with Crippen LogP contribution < -0.4 is 0 Å². The predicted octanol–water partition coefficient (Wildman–Crippen LogP) is 5.07. The first-order valence-electron chi connectivity index (χ1n) is 11.2. The highest BCUT2D eigenvalue weighted by molar-refractivity contribution is 8.01. The number of fused-ring (bicyclic) bond motifs is 1. The van der Waals surface area contributed by atoms with E-state index >= 15 is 0 Å². The molecule has 2 aromatic carbocycles. The summed E-state index contributed by atoms with van der Waals surface area (Å²) >= 11 is 3.28. The SMILES string of the molecule is COC(=O)CSCCCS[C@H]1C(=O)CC[C@@H]1C=CC(O)CCc1ccc2ccccc2c1. The molecule has 1 aliphatic carbocycles. The summed E-state index contributed by atoms with van der Waals surface area (Å²) in [7, 11) is 1.40. The zero-order valence-electron chi connectivity index (χ0n) is 18.6. The van der Waals surface area contributed by atoms with Crippen LogP contribution in [-0.2, 0) is 20.7 Å². The van der Waals surface area contributed by atoms with Crippen LogP contribution in [0.25, 0.3) is 10.8 Å². The van der Waals surface area contributed by atoms with Crippen molar-refractivity contribution in [3.05, 3.63) is 60.2 Å². The number of rotatable bonds is 12. The van der Waals surface area contributed by atoms with Crippen LogP contribution >= 0.6 is 23.5 Å². The van der Waals surface area contributed by atoms with Gasteiger partial charge in [-0.1, -0.05) is 54.6 Å². The first-order valence-corrected chi connectivity index (χ1v) is 13.4. The van der Waals surface area contributed by atoms with Gasteiger partial charge in [-0.25, -0.2) is 0 Å². The number of benzene rings is 2. The van der Waals surface area contributed by atoms with E-state index in [1.807, 2.05) is 18.2 Å². The zero-order valence-corrected chi connectivity index (χ0v) is 20.2. The monoisotopic (exact) mass is 472 g/mol. The second-order valence-corrected chi connectivity index (χ2v) is 10.5. The van der Waals surface area contributed by atoms with Crippen LogP contribution in [0.4, 0.5) is 0 Å². The quantitative estimate of drug-likeness (QED) is 0.264. The summed E-state index contributed by atoms with van der Waals surface area (Å²) in [6.45, 7) is 0. The molecule has 0 saturated heterocycles. The molecule has 0 aliphatic heterocycles. The van der Waals surface area contributed by atoms with Crippen molar-refractivity contribution in [1.29, 1.82) is 0 Å². The van der Waals surface area contributed by atoms with Crippen molar-refractivity contribution >= 4 is 46.0 Å². The molecule has 3 atom stereocenters. The van der Waals surface area contributed by atoms with Crippen molar-refractivity contribution < 1.29 is 19.4 Å². The van der Waals surface area contributed by atoms with Gasteiger partial charge < -0.3 is 9.84 Å². The molecular weight excluding hydrogens is 440 g/mol. The molecule has 4 nitrogen and oxygen atoms in total. The van der Waals surface area contributed by atoms with Gasteiger partial charge in [0.05, 0.1) is 24.2 Å². The van der Waals surface area contributed by atoms with Crippen LogP contribution in [0, 0.1) is 5.92 Å². The Hall–Kier alpha value is -1.76. The Morgan fingerprint density at radius 2 is 2.03 bits per heavy atom. The molecular formula is C26H32O4S2. The molecule has 3 rings (SSSR count). The molecule has 1 unspecified atom stereocenters. The Morgan fingerprint density at radius 3 is 2.84 bits per heavy atom. The normalized spacial score (nSPS) is 19.6. The van der Waals surface area contributed by atoms with E-state index in [1.54, 1.807) is 23.5 Å². The van der Waals surface area contributed by atoms with Crippen LogP contribution in [0.1, 0.15) is 31.2 Å². The summed E-state index contributed by atoms with van der Waals surface area (Å²) < 4.78 is 4.63. The van der Waals surface area contributed by atoms with Gasteiger partial charge >= 0.3 is 5.97 Å². The van der Waals surface area contributed by atoms with Crippen LogP contribution in [0.2, 0.25) is 0 Å². The van der Waals surface area contributed by atoms with E-state index < -0.39 is 6.10 Å². The molecule has 0 radical (unpaired) electrons. The standard InChI is InChI=1S/C26H32O4S2/c1-30-25(29)18-31-15-4-16-32-26-21(11-14-24(26)28)10-13-23(27)12-8-19-7-9-20-5-2-3-6-22(20)17-19/h2-3,5-7,9-10,13,17,21,23,26-27H,4,8,11-12,14-16,18H2,1H3/t21-,23?,26+/m0/s1. The first-order chi connectivity index (χ1) is 15.6. The van der Waals surface area contributed by atoms with E-state index in [-0.39, 0.29) is 17.1 Å². The smallest absolute Gasteiger partial charge is 0.315 e. The number of aryl methyl sites for hydroxylation is 1. The zero-order chi connectivity index (χ0) is 22.8. The third kappa shape index (κ3) is 7.68. The van der Waals surface area contributed by atoms with E-state index in [4.69, 9.17) is 0 Å². The highest BCUT2D eigenvalue weighted by Gasteiger charge is 2.33. The maximum atomic E-state index is 12.3. The van der Waals surface area contributed by atoms with Crippen molar-refractivity contribution in [1.82, 2.24) is 0 Å². The van der Waals surface area contributed by atoms with Gasteiger partial charge in [0.1, 0.15) is 5.78 Å². The number of ether oxygens (including phenoxy) is 1. The Morgan fingerprint density at radius 1 is 1.22 bits per heavy atom. The molecule has 1 fully saturated rings. The number of allylic oxidation sites excluding steroid dienone is 1. The molecule has 32 heavy (non-hydrogen) atoms. The minimum atomic E-state index is -0.502. The van der Waals surface area contributed by atoms with Gasteiger partial charge in [-0.15, -0.1) is 11.8 Å². The van der Waals surface area contributed by atoms with Crippen LogP contribution in [0.5, 0.6) is 0 Å². The minimum absolute atomic E-state index is 0.00968. The summed E-state index contributed by atoms with van der Waals surface area (Å²) in [6, 6.07) is 14.8. The molecule has 0 bridgehead atoms. The third-order valence-electron chi connectivity index (χ3n) is 5.73. The molecule has 0 spiro atoms. The highest BCUT2D eigenvalue weighted by Crippen LogP contribution is 2.34. The highest BCUT2D eigenvalue weighted by atomic mass is 32.2. The average Bonchev–Trinajstić information content (AvgIpc) is 3.17. The maximum Gasteiger partial charge on any atom is 0.315 e. The number of aliphatic hydroxyl groups excluding tert-OH is 1. The number of carbonyl (C=O) groups is 2. The Kier molecular flexibility index (Phi) is 10.2. The molecule has 0 amide bonds. The average molecular weight is 473 g/mol. The number of esters is 1. The van der Waals surface area contributed by atoms with Crippen molar-refractivity contribution in [2.24, 2.45) is 5.92 Å². The molecule has 0 heterocycles. The fourth-order valence-electron chi connectivity index (χ4n) is 3.92. The molecule has 2 aromatic rings. The van der Waals surface area contributed by atoms with Gasteiger partial charge in [-0.2, -0.15) is 11.8 Å². The van der Waals surface area contributed by atoms with Crippen LogP contribution in [0.3, 0.4) is 0 Å². The topological polar surface area (TPSA) is 63.6 Å². The number of ketones is 1. The Bertz CT molecular complexity index is 927. The molecule has 172 valence electrons. The lowest BCUT2D eigenvalue weighted by Crippen LogP contribution is -2.17. The van der Waals surface area contributed by atoms with Crippen LogP contribution in [-0.4, -0.2) is 52.6 Å². The summed E-state index contributed by atoms with van der Waals surface area (Å²) in [5.74, 6) is 2.49. The van der Waals surface area contributed by atoms with Gasteiger partial charge in [0.15, 0.2) is 0 Å². The molecule has 1 N–H and O–H groups in total. The lowest BCUT2D eigenvalue weighted by Gasteiger charge is -2.15. The van der Waals surface area contributed by atoms with Gasteiger partial charge in [-0.05, 0) is 59.4 Å². The summed E-state index contributed by atoms with van der Waals surface area (Å²) in [6.07, 6.45) is 7.37. The number of thioether (sulfide) groups is 2. The fourth-order valence-corrected chi connectivity index (χ4v) is 6.22. The number of hydrogen-bond donors (Lipinski definition) is 1. The summed E-state index contributed by atoms with van der Waals surface area (Å²) in [4.78, 5) is 23.4. The van der Waals surface area contributed by atoms with Gasteiger partial charge in [0.25, 0.3) is 0 Å². The number of hydrogen-bond acceptors (Lipinski definition) is 6. The minimum Gasteiger partial charge on any atom is -0.468 e. The first kappa shape index (κ1) is 24.9. The lowest BCUT2D eigenvalue weighted by atomic mass is 10.0. The van der Waals surface area contributed by atoms with Crippen molar-refractivity contribution in [2.75, 3.05) is 24.4 Å². The van der Waals surface area contributed by atoms with E-state index in [0.717, 1.165) is 30.8 Å². The third-order valence-corrected chi connectivity index (χ3v) is 8.24. The number of aliphatic hydroxyl groups is 1. The predicted molar refractivity (Wildman–Crippen MR) is 135 cm³/mol. The second kappa shape index (κ2) is 13.1. The Labute approximate surface area is 199 Å². The van der Waals surface area contributed by atoms with Gasteiger partial charge in [0, 0.05) is 6.42 Å². The molecule has 0 aromatic heterocycles. The fraction of sp³-hybridized carbons (Fsp3) is 0.462. The van der Waals surface area contributed by atoms with Crippen molar-refractivity contribution in [3.8, 4) is 0 Å². The van der Waals surface area contributed by atoms with Crippen molar-refractivity contribution in [2.45, 2.75) is 43.5 Å². The van der Waals surface area contributed by atoms with E-state index in [0.29, 0.717) is 24.4 Å². The molecule has 1 aliphatic rings. The molecule has 1 saturated carbocycles. The summed E-state index contributed by atoms with van der Waals surface area (Å²) in [5, 5.41) is 12.9. The number of methoxy groups -OCH3 is 1. The van der Waals surface area contributed by atoms with Crippen molar-refractivity contribution in [3.63, 3.8) is 0 Å². The van der Waals surface area contributed by atoms with E-state index in [1.165, 1.54) is 23.4 Å². The van der Waals surface area contributed by atoms with Crippen LogP contribution in [0.15, 0.2) is 54.6 Å².